The molecule has 1 aromatic heterocycles. The Hall–Kier alpha value is -2.68. The molecule has 6 heteroatoms. The highest BCUT2D eigenvalue weighted by atomic mass is 16.5. The summed E-state index contributed by atoms with van der Waals surface area (Å²) in [6, 6.07) is 4.06. The van der Waals surface area contributed by atoms with Crippen LogP contribution in [0.2, 0.25) is 0 Å². The second kappa shape index (κ2) is 7.98. The lowest BCUT2D eigenvalue weighted by molar-refractivity contribution is 0.123. The zero-order valence-corrected chi connectivity index (χ0v) is 17.2. The van der Waals surface area contributed by atoms with Crippen molar-refractivity contribution in [2.45, 2.75) is 52.4 Å². The van der Waals surface area contributed by atoms with Gasteiger partial charge < -0.3 is 19.3 Å². The van der Waals surface area contributed by atoms with Crippen molar-refractivity contribution in [2.24, 2.45) is 11.3 Å². The number of likely N-dealkylation sites (tertiary alicyclic amines) is 1. The van der Waals surface area contributed by atoms with Crippen LogP contribution in [-0.4, -0.2) is 41.0 Å². The Balaban J connectivity index is 1.38. The molecule has 1 aliphatic heterocycles. The molecule has 1 aliphatic carbocycles. The fourth-order valence-corrected chi connectivity index (χ4v) is 4.20. The molecule has 2 heterocycles. The molecule has 1 saturated heterocycles. The number of hydrogen-bond acceptors (Lipinski definition) is 4. The van der Waals surface area contributed by atoms with Crippen LogP contribution in [0.5, 0.6) is 5.75 Å². The zero-order chi connectivity index (χ0) is 20.4. The van der Waals surface area contributed by atoms with Gasteiger partial charge in [-0.1, -0.05) is 11.1 Å². The largest absolute Gasteiger partial charge is 0.492 e. The van der Waals surface area contributed by atoms with Crippen molar-refractivity contribution in [3.8, 4) is 17.6 Å². The van der Waals surface area contributed by atoms with Crippen LogP contribution in [0.1, 0.15) is 50.3 Å². The summed E-state index contributed by atoms with van der Waals surface area (Å²) in [5, 5.41) is 14.4. The van der Waals surface area contributed by atoms with E-state index in [4.69, 9.17) is 14.4 Å². The van der Waals surface area contributed by atoms with Gasteiger partial charge in [-0.25, -0.2) is 4.79 Å². The molecule has 0 spiro atoms. The fraction of sp³-hybridized carbons (Fsp3) is 0.565. The standard InChI is InChI=1S/C23H28N2O4/c1-3-10-23(11-12-23)15-28-20-7-5-18-19(24-29-21(18)16(20)2)6-4-17-8-13-25(14-9-17)22(26)27/h5,7,17H,4,6,8-9,11-15H2,1-2H3,(H,26,27). The van der Waals surface area contributed by atoms with Crippen LogP contribution in [0, 0.1) is 30.1 Å². The first-order valence-corrected chi connectivity index (χ1v) is 10.4. The van der Waals surface area contributed by atoms with Crippen molar-refractivity contribution in [2.75, 3.05) is 19.7 Å². The van der Waals surface area contributed by atoms with Crippen molar-refractivity contribution in [3.05, 3.63) is 23.4 Å². The van der Waals surface area contributed by atoms with Gasteiger partial charge in [0.25, 0.3) is 0 Å². The average molecular weight is 396 g/mol. The number of nitrogens with zero attached hydrogens (tertiary/aromatic N) is 2. The maximum Gasteiger partial charge on any atom is 0.407 e. The van der Waals surface area contributed by atoms with Crippen molar-refractivity contribution < 1.29 is 19.2 Å². The lowest BCUT2D eigenvalue weighted by Gasteiger charge is -2.29. The summed E-state index contributed by atoms with van der Waals surface area (Å²) in [4.78, 5) is 12.5. The summed E-state index contributed by atoms with van der Waals surface area (Å²) in [5.41, 5.74) is 2.80. The van der Waals surface area contributed by atoms with Gasteiger partial charge in [0.1, 0.15) is 12.4 Å². The molecule has 0 bridgehead atoms. The highest BCUT2D eigenvalue weighted by Crippen LogP contribution is 2.45. The molecule has 29 heavy (non-hydrogen) atoms. The second-order valence-electron chi connectivity index (χ2n) is 8.39. The molecule has 0 atom stereocenters. The van der Waals surface area contributed by atoms with E-state index in [0.29, 0.717) is 25.6 Å². The number of carboxylic acid groups (broad SMARTS) is 1. The molecule has 2 aliphatic rings. The Morgan fingerprint density at radius 3 is 2.79 bits per heavy atom. The molecule has 0 unspecified atom stereocenters. The van der Waals surface area contributed by atoms with Crippen LogP contribution < -0.4 is 4.74 Å². The van der Waals surface area contributed by atoms with E-state index in [1.54, 1.807) is 0 Å². The number of ether oxygens (including phenoxy) is 1. The third kappa shape index (κ3) is 4.19. The van der Waals surface area contributed by atoms with E-state index in [1.807, 2.05) is 26.0 Å². The van der Waals surface area contributed by atoms with Gasteiger partial charge in [-0.2, -0.15) is 0 Å². The molecule has 4 rings (SSSR count). The molecule has 154 valence electrons. The molecular weight excluding hydrogens is 368 g/mol. The number of hydrogen-bond donors (Lipinski definition) is 1. The van der Waals surface area contributed by atoms with E-state index >= 15 is 0 Å². The summed E-state index contributed by atoms with van der Waals surface area (Å²) in [6.07, 6.45) is 5.08. The average Bonchev–Trinajstić information content (AvgIpc) is 3.35. The molecule has 1 amide bonds. The van der Waals surface area contributed by atoms with Crippen molar-refractivity contribution in [1.82, 2.24) is 10.1 Å². The van der Waals surface area contributed by atoms with Crippen molar-refractivity contribution in [3.63, 3.8) is 0 Å². The first kappa shape index (κ1) is 19.6. The molecule has 6 nitrogen and oxygen atoms in total. The first-order chi connectivity index (χ1) is 14.0. The zero-order valence-electron chi connectivity index (χ0n) is 17.2. The van der Waals surface area contributed by atoms with E-state index in [9.17, 15) is 4.79 Å². The molecule has 0 radical (unpaired) electrons. The van der Waals surface area contributed by atoms with Crippen LogP contribution in [0.4, 0.5) is 4.79 Å². The Bertz CT molecular complexity index is 956. The van der Waals surface area contributed by atoms with E-state index in [0.717, 1.165) is 66.5 Å². The SMILES string of the molecule is CC#CC1(COc2ccc3c(CCC4CCN(C(=O)O)CC4)noc3c2C)CC1. The van der Waals surface area contributed by atoms with Crippen LogP contribution in [0.25, 0.3) is 11.0 Å². The molecule has 1 aromatic carbocycles. The number of rotatable bonds is 6. The first-order valence-electron chi connectivity index (χ1n) is 10.4. The predicted octanol–water partition coefficient (Wildman–Crippen LogP) is 4.64. The lowest BCUT2D eigenvalue weighted by Crippen LogP contribution is -2.37. The van der Waals surface area contributed by atoms with Gasteiger partial charge in [0.05, 0.1) is 11.1 Å². The molecule has 2 aromatic rings. The quantitative estimate of drug-likeness (QED) is 0.720. The summed E-state index contributed by atoms with van der Waals surface area (Å²) < 4.78 is 11.7. The minimum Gasteiger partial charge on any atom is -0.492 e. The van der Waals surface area contributed by atoms with Gasteiger partial charge in [0.15, 0.2) is 5.58 Å². The van der Waals surface area contributed by atoms with Crippen LogP contribution in [0.15, 0.2) is 16.7 Å². The summed E-state index contributed by atoms with van der Waals surface area (Å²) in [6.45, 7) is 5.77. The van der Waals surface area contributed by atoms with Gasteiger partial charge in [-0.15, -0.1) is 5.92 Å². The minimum atomic E-state index is -0.811. The number of amides is 1. The van der Waals surface area contributed by atoms with Crippen molar-refractivity contribution in [1.29, 1.82) is 0 Å². The summed E-state index contributed by atoms with van der Waals surface area (Å²) in [7, 11) is 0. The normalized spacial score (nSPS) is 18.3. The predicted molar refractivity (Wildman–Crippen MR) is 110 cm³/mol. The minimum absolute atomic E-state index is 0.0406. The van der Waals surface area contributed by atoms with Gasteiger partial charge in [-0.05, 0) is 70.4 Å². The Morgan fingerprint density at radius 2 is 2.14 bits per heavy atom. The van der Waals surface area contributed by atoms with Crippen LogP contribution in [0.3, 0.4) is 0 Å². The summed E-state index contributed by atoms with van der Waals surface area (Å²) in [5.74, 6) is 7.66. The van der Waals surface area contributed by atoms with E-state index in [1.165, 1.54) is 4.90 Å². The van der Waals surface area contributed by atoms with Gasteiger partial charge in [-0.3, -0.25) is 0 Å². The molecular formula is C23H28N2O4. The highest BCUT2D eigenvalue weighted by Gasteiger charge is 2.42. The second-order valence-corrected chi connectivity index (χ2v) is 8.39. The third-order valence-electron chi connectivity index (χ3n) is 6.34. The number of fused-ring (bicyclic) bond motifs is 1. The van der Waals surface area contributed by atoms with Gasteiger partial charge in [0.2, 0.25) is 0 Å². The molecule has 1 N–H and O–H groups in total. The van der Waals surface area contributed by atoms with Gasteiger partial charge in [0, 0.05) is 24.0 Å². The topological polar surface area (TPSA) is 75.8 Å². The number of piperidine rings is 1. The highest BCUT2D eigenvalue weighted by molar-refractivity contribution is 5.84. The Morgan fingerprint density at radius 1 is 1.38 bits per heavy atom. The van der Waals surface area contributed by atoms with Crippen molar-refractivity contribution >= 4 is 17.1 Å². The van der Waals surface area contributed by atoms with E-state index < -0.39 is 6.09 Å². The summed E-state index contributed by atoms with van der Waals surface area (Å²) >= 11 is 0. The molecule has 2 fully saturated rings. The maximum absolute atomic E-state index is 11.0. The Kier molecular flexibility index (Phi) is 5.40. The third-order valence-corrected chi connectivity index (χ3v) is 6.34. The Labute approximate surface area is 171 Å². The van der Waals surface area contributed by atoms with E-state index in [-0.39, 0.29) is 5.41 Å². The van der Waals surface area contributed by atoms with Gasteiger partial charge >= 0.3 is 6.09 Å². The van der Waals surface area contributed by atoms with Crippen LogP contribution in [-0.2, 0) is 6.42 Å². The lowest BCUT2D eigenvalue weighted by atomic mass is 9.91. The number of aromatic nitrogens is 1. The number of aryl methyl sites for hydroxylation is 2. The fourth-order valence-electron chi connectivity index (χ4n) is 4.20. The number of benzene rings is 1. The number of carbonyl (C=O) groups is 1. The maximum atomic E-state index is 11.0. The smallest absolute Gasteiger partial charge is 0.407 e. The van der Waals surface area contributed by atoms with E-state index in [2.05, 4.69) is 17.0 Å². The monoisotopic (exact) mass is 396 g/mol. The molecule has 1 saturated carbocycles. The van der Waals surface area contributed by atoms with Crippen LogP contribution >= 0.6 is 0 Å².